The summed E-state index contributed by atoms with van der Waals surface area (Å²) in [5, 5.41) is 12.6. The van der Waals surface area contributed by atoms with Gasteiger partial charge in [0.05, 0.1) is 6.10 Å². The molecule has 0 radical (unpaired) electrons. The van der Waals surface area contributed by atoms with Crippen molar-refractivity contribution in [3.05, 3.63) is 53.1 Å². The molecule has 0 fully saturated rings. The van der Waals surface area contributed by atoms with Crippen LogP contribution < -0.4 is 26.8 Å². The molecule has 0 aliphatic carbocycles. The van der Waals surface area contributed by atoms with E-state index < -0.39 is 62.9 Å². The lowest BCUT2D eigenvalue weighted by molar-refractivity contribution is -0.256. The molecule has 0 amide bonds. The van der Waals surface area contributed by atoms with Gasteiger partial charge in [0, 0.05) is 12.7 Å². The number of hydrogen-bond donors (Lipinski definition) is 4. The monoisotopic (exact) mass is 545 g/mol. The highest BCUT2D eigenvalue weighted by Crippen LogP contribution is 2.46. The van der Waals surface area contributed by atoms with Crippen molar-refractivity contribution in [2.24, 2.45) is 5.73 Å². The molecule has 6 N–H and O–H groups in total. The number of aliphatic hydroxyl groups excluding tert-OH is 1. The van der Waals surface area contributed by atoms with Gasteiger partial charge >= 0.3 is 19.4 Å². The van der Waals surface area contributed by atoms with Crippen LogP contribution in [0.4, 0.5) is 10.2 Å². The molecule has 2 rings (SSSR count). The molecule has 1 aromatic heterocycles. The Bertz CT molecular complexity index is 1140. The van der Waals surface area contributed by atoms with Crippen molar-refractivity contribution in [3.8, 4) is 5.75 Å². The highest BCUT2D eigenvalue weighted by atomic mass is 31.2. The van der Waals surface area contributed by atoms with Gasteiger partial charge in [0.1, 0.15) is 30.3 Å². The Morgan fingerprint density at radius 2 is 1.89 bits per heavy atom. The summed E-state index contributed by atoms with van der Waals surface area (Å²) in [4.78, 5) is 28.0. The van der Waals surface area contributed by atoms with E-state index in [0.717, 1.165) is 11.5 Å². The quantitative estimate of drug-likeness (QED) is 0.198. The predicted octanol–water partition coefficient (Wildman–Crippen LogP) is 1.48. The smallest absolute Gasteiger partial charge is 0.459 e. The molecule has 13 nitrogen and oxygen atoms in total. The van der Waals surface area contributed by atoms with Gasteiger partial charge in [-0.1, -0.05) is 18.2 Å². The Morgan fingerprint density at radius 3 is 2.43 bits per heavy atom. The number of anilines is 1. The van der Waals surface area contributed by atoms with E-state index in [0.29, 0.717) is 0 Å². The Kier molecular flexibility index (Phi) is 10.7. The molecular weight excluding hydrogens is 512 g/mol. The minimum absolute atomic E-state index is 0.0717. The fraction of sp³-hybridized carbons (Fsp3) is 0.500. The standard InChI is InChI=1S/C22H33FN5O8P/c1-14(2)34-20(30)15(3)27-37(32,36-17-8-6-5-7-9-17)33-13-22(23,16(4)29)35-19(12-24)28-11-10-18(25)26-21(28)31/h5-11,14-16,19,29H,12-13,24H2,1-4H3,(H,27,32)(H2,25,26,31)/t15?,16-,19+,22+,37?/m0/s1. The van der Waals surface area contributed by atoms with Gasteiger partial charge in [-0.3, -0.25) is 13.9 Å². The van der Waals surface area contributed by atoms with Crippen molar-refractivity contribution in [3.63, 3.8) is 0 Å². The van der Waals surface area contributed by atoms with Crippen LogP contribution in [0.5, 0.6) is 5.75 Å². The van der Waals surface area contributed by atoms with E-state index in [1.54, 1.807) is 32.0 Å². The van der Waals surface area contributed by atoms with Crippen molar-refractivity contribution >= 4 is 19.5 Å². The van der Waals surface area contributed by atoms with Crippen LogP contribution in [0, 0.1) is 0 Å². The van der Waals surface area contributed by atoms with E-state index in [4.69, 9.17) is 30.0 Å². The van der Waals surface area contributed by atoms with Crippen molar-refractivity contribution in [1.29, 1.82) is 0 Å². The van der Waals surface area contributed by atoms with Crippen LogP contribution in [0.2, 0.25) is 0 Å². The molecule has 0 spiro atoms. The van der Waals surface area contributed by atoms with Crippen LogP contribution in [-0.2, 0) is 23.4 Å². The van der Waals surface area contributed by atoms with E-state index >= 15 is 4.39 Å². The van der Waals surface area contributed by atoms with Crippen LogP contribution in [-0.4, -0.2) is 57.9 Å². The van der Waals surface area contributed by atoms with E-state index in [9.17, 15) is 19.3 Å². The number of nitrogen functional groups attached to an aromatic ring is 1. The molecule has 0 aliphatic heterocycles. The number of nitrogens with one attached hydrogen (secondary N) is 1. The molecule has 37 heavy (non-hydrogen) atoms. The summed E-state index contributed by atoms with van der Waals surface area (Å²) in [6.07, 6.45) is -2.55. The molecule has 0 bridgehead atoms. The fourth-order valence-electron chi connectivity index (χ4n) is 2.85. The van der Waals surface area contributed by atoms with Crippen LogP contribution in [0.1, 0.15) is 33.9 Å². The van der Waals surface area contributed by atoms with Gasteiger partial charge in [0.15, 0.2) is 6.23 Å². The second-order valence-corrected chi connectivity index (χ2v) is 10.0. The van der Waals surface area contributed by atoms with E-state index in [1.807, 2.05) is 0 Å². The minimum Gasteiger partial charge on any atom is -0.462 e. The number of esters is 1. The van der Waals surface area contributed by atoms with Gasteiger partial charge in [0.2, 0.25) is 0 Å². The number of carbonyl (C=O) groups excluding carboxylic acids is 1. The lowest BCUT2D eigenvalue weighted by Crippen LogP contribution is -2.48. The first-order valence-corrected chi connectivity index (χ1v) is 12.9. The highest BCUT2D eigenvalue weighted by Gasteiger charge is 2.44. The minimum atomic E-state index is -4.48. The molecule has 2 unspecified atom stereocenters. The summed E-state index contributed by atoms with van der Waals surface area (Å²) in [6.45, 7) is 4.12. The number of ether oxygens (including phenoxy) is 2. The number of nitrogens with two attached hydrogens (primary N) is 2. The molecule has 206 valence electrons. The summed E-state index contributed by atoms with van der Waals surface area (Å²) in [7, 11) is -4.48. The fourth-order valence-corrected chi connectivity index (χ4v) is 4.36. The first-order valence-electron chi connectivity index (χ1n) is 11.4. The first kappa shape index (κ1) is 30.4. The SMILES string of the molecule is CC(C)OC(=O)C(C)NP(=O)(OC[C@@](F)(O[C@H](CN)n1ccc(N)nc1=O)[C@H](C)O)Oc1ccccc1. The van der Waals surface area contributed by atoms with Crippen molar-refractivity contribution in [1.82, 2.24) is 14.6 Å². The summed E-state index contributed by atoms with van der Waals surface area (Å²) < 4.78 is 51.5. The lowest BCUT2D eigenvalue weighted by Gasteiger charge is -2.33. The number of hydrogen-bond acceptors (Lipinski definition) is 11. The number of halogens is 1. The van der Waals surface area contributed by atoms with Gasteiger partial charge in [-0.15, -0.1) is 0 Å². The third kappa shape index (κ3) is 8.88. The summed E-state index contributed by atoms with van der Waals surface area (Å²) in [5.41, 5.74) is 10.3. The van der Waals surface area contributed by atoms with Crippen LogP contribution in [0.15, 0.2) is 47.4 Å². The van der Waals surface area contributed by atoms with E-state index in [1.165, 1.54) is 31.3 Å². The molecule has 0 saturated carbocycles. The zero-order chi connectivity index (χ0) is 27.8. The van der Waals surface area contributed by atoms with Gasteiger partial charge in [-0.2, -0.15) is 10.1 Å². The van der Waals surface area contributed by atoms with Gasteiger partial charge < -0.3 is 30.6 Å². The third-order valence-electron chi connectivity index (χ3n) is 4.78. The maximum absolute atomic E-state index is 15.9. The van der Waals surface area contributed by atoms with Crippen molar-refractivity contribution < 1.29 is 37.4 Å². The van der Waals surface area contributed by atoms with E-state index in [2.05, 4.69) is 10.1 Å². The first-order chi connectivity index (χ1) is 17.3. The topological polar surface area (TPSA) is 190 Å². The zero-order valence-electron chi connectivity index (χ0n) is 20.9. The largest absolute Gasteiger partial charge is 0.462 e. The summed E-state index contributed by atoms with van der Waals surface area (Å²) >= 11 is 0. The molecule has 2 aromatic rings. The second kappa shape index (κ2) is 13.1. The van der Waals surface area contributed by atoms with Crippen LogP contribution in [0.25, 0.3) is 0 Å². The summed E-state index contributed by atoms with van der Waals surface area (Å²) in [6, 6.07) is 7.90. The predicted molar refractivity (Wildman–Crippen MR) is 132 cm³/mol. The van der Waals surface area contributed by atoms with Crippen LogP contribution in [0.3, 0.4) is 0 Å². The van der Waals surface area contributed by atoms with Crippen molar-refractivity contribution in [2.45, 2.75) is 58.0 Å². The number of para-hydroxylation sites is 1. The van der Waals surface area contributed by atoms with Gasteiger partial charge in [0.25, 0.3) is 5.85 Å². The number of benzene rings is 1. The Morgan fingerprint density at radius 1 is 1.24 bits per heavy atom. The molecule has 0 saturated heterocycles. The van der Waals surface area contributed by atoms with Crippen LogP contribution >= 0.6 is 7.75 Å². The molecule has 1 heterocycles. The van der Waals surface area contributed by atoms with E-state index in [-0.39, 0.29) is 11.6 Å². The van der Waals surface area contributed by atoms with Crippen molar-refractivity contribution in [2.75, 3.05) is 18.9 Å². The lowest BCUT2D eigenvalue weighted by atomic mass is 10.2. The summed E-state index contributed by atoms with van der Waals surface area (Å²) in [5.74, 6) is -3.78. The number of alkyl halides is 1. The highest BCUT2D eigenvalue weighted by molar-refractivity contribution is 7.52. The average Bonchev–Trinajstić information content (AvgIpc) is 2.81. The molecule has 15 heteroatoms. The maximum atomic E-state index is 15.9. The maximum Gasteiger partial charge on any atom is 0.459 e. The number of rotatable bonds is 14. The normalized spacial score (nSPS) is 17.3. The number of nitrogens with zero attached hydrogens (tertiary/aromatic N) is 2. The number of aromatic nitrogens is 2. The Hall–Kier alpha value is -2.87. The molecule has 5 atom stereocenters. The Labute approximate surface area is 213 Å². The number of aliphatic hydroxyl groups is 1. The molecule has 1 aromatic carbocycles. The van der Waals surface area contributed by atoms with Gasteiger partial charge in [-0.25, -0.2) is 13.8 Å². The molecule has 0 aliphatic rings. The number of carbonyl (C=O) groups is 1. The zero-order valence-corrected chi connectivity index (χ0v) is 21.8. The molecular formula is C22H33FN5O8P. The van der Waals surface area contributed by atoms with Gasteiger partial charge in [-0.05, 0) is 45.9 Å². The third-order valence-corrected chi connectivity index (χ3v) is 6.40. The average molecular weight is 546 g/mol. The second-order valence-electron chi connectivity index (χ2n) is 8.32. The Balaban J connectivity index is 2.30.